The zero-order valence-corrected chi connectivity index (χ0v) is 16.0. The number of esters is 1. The predicted octanol–water partition coefficient (Wildman–Crippen LogP) is 3.69. The first-order valence-electron chi connectivity index (χ1n) is 9.20. The molecule has 1 aromatic heterocycles. The van der Waals surface area contributed by atoms with Gasteiger partial charge in [0.2, 0.25) is 0 Å². The van der Waals surface area contributed by atoms with Gasteiger partial charge in [0.05, 0.1) is 23.1 Å². The molecule has 0 fully saturated rings. The van der Waals surface area contributed by atoms with Gasteiger partial charge in [-0.15, -0.1) is 0 Å². The first-order chi connectivity index (χ1) is 13.9. The van der Waals surface area contributed by atoms with Crippen LogP contribution in [0, 0.1) is 17.0 Å². The van der Waals surface area contributed by atoms with E-state index in [0.717, 1.165) is 12.0 Å². The summed E-state index contributed by atoms with van der Waals surface area (Å²) in [7, 11) is 1.17. The van der Waals surface area contributed by atoms with Crippen molar-refractivity contribution in [1.82, 2.24) is 4.57 Å². The van der Waals surface area contributed by atoms with Gasteiger partial charge >= 0.3 is 5.97 Å². The number of carbonyl (C=O) groups excluding carboxylic acids is 2. The quantitative estimate of drug-likeness (QED) is 0.314. The molecule has 8 heteroatoms. The van der Waals surface area contributed by atoms with E-state index in [-0.39, 0.29) is 17.0 Å². The molecule has 0 unspecified atom stereocenters. The first-order valence-corrected chi connectivity index (χ1v) is 9.20. The molecule has 0 atom stereocenters. The van der Waals surface area contributed by atoms with Gasteiger partial charge in [-0.1, -0.05) is 29.8 Å². The predicted molar refractivity (Wildman–Crippen MR) is 108 cm³/mol. The number of ether oxygens (including phenoxy) is 1. The third kappa shape index (κ3) is 3.02. The van der Waals surface area contributed by atoms with E-state index in [4.69, 9.17) is 4.74 Å². The van der Waals surface area contributed by atoms with Crippen molar-refractivity contribution >= 4 is 34.2 Å². The number of methoxy groups -OCH3 is 1. The molecule has 8 nitrogen and oxygen atoms in total. The van der Waals surface area contributed by atoms with Gasteiger partial charge in [-0.3, -0.25) is 14.9 Å². The number of anilines is 1. The molecule has 2 aromatic carbocycles. The number of aryl methyl sites for hydroxylation is 2. The standard InChI is InChI=1S/C21H19N3O5/c1-12-4-6-13(7-5-12)19(25)18-14-10-15(21(26)29-2)17(24(27)28)11-16(14)23-9-3-8-22-20(18)23/h4-7,10-11,22H,3,8-9H2,1-2H3. The molecule has 0 aliphatic carbocycles. The Kier molecular flexibility index (Phi) is 4.54. The van der Waals surface area contributed by atoms with Crippen LogP contribution in [-0.2, 0) is 11.3 Å². The Morgan fingerprint density at radius 2 is 1.93 bits per heavy atom. The Labute approximate surface area is 166 Å². The van der Waals surface area contributed by atoms with Crippen LogP contribution in [0.15, 0.2) is 36.4 Å². The van der Waals surface area contributed by atoms with Gasteiger partial charge in [0, 0.05) is 30.1 Å². The van der Waals surface area contributed by atoms with Crippen molar-refractivity contribution in [3.8, 4) is 0 Å². The summed E-state index contributed by atoms with van der Waals surface area (Å²) in [6.07, 6.45) is 0.821. The smallest absolute Gasteiger partial charge is 0.344 e. The van der Waals surface area contributed by atoms with Gasteiger partial charge in [0.25, 0.3) is 5.69 Å². The van der Waals surface area contributed by atoms with E-state index in [1.807, 2.05) is 23.6 Å². The second kappa shape index (κ2) is 7.05. The highest BCUT2D eigenvalue weighted by Gasteiger charge is 2.30. The van der Waals surface area contributed by atoms with Crippen molar-refractivity contribution in [2.75, 3.05) is 19.0 Å². The molecule has 1 aliphatic heterocycles. The van der Waals surface area contributed by atoms with E-state index in [9.17, 15) is 19.7 Å². The van der Waals surface area contributed by atoms with E-state index in [0.29, 0.717) is 40.9 Å². The molecular weight excluding hydrogens is 374 g/mol. The van der Waals surface area contributed by atoms with Crippen molar-refractivity contribution in [3.63, 3.8) is 0 Å². The van der Waals surface area contributed by atoms with Gasteiger partial charge in [-0.05, 0) is 19.4 Å². The topological polar surface area (TPSA) is 103 Å². The van der Waals surface area contributed by atoms with Crippen molar-refractivity contribution in [3.05, 3.63) is 68.8 Å². The molecule has 4 rings (SSSR count). The van der Waals surface area contributed by atoms with Crippen LogP contribution in [0.4, 0.5) is 11.5 Å². The summed E-state index contributed by atoms with van der Waals surface area (Å²) in [6.45, 7) is 3.25. The summed E-state index contributed by atoms with van der Waals surface area (Å²) in [5, 5.41) is 15.3. The van der Waals surface area contributed by atoms with Gasteiger partial charge in [0.15, 0.2) is 5.78 Å². The second-order valence-corrected chi connectivity index (χ2v) is 6.99. The Bertz CT molecular complexity index is 1160. The number of fused-ring (bicyclic) bond motifs is 3. The summed E-state index contributed by atoms with van der Waals surface area (Å²) < 4.78 is 6.59. The minimum Gasteiger partial charge on any atom is -0.465 e. The molecule has 2 heterocycles. The molecule has 0 bridgehead atoms. The highest BCUT2D eigenvalue weighted by atomic mass is 16.6. The Morgan fingerprint density at radius 1 is 1.21 bits per heavy atom. The number of nitrogens with zero attached hydrogens (tertiary/aromatic N) is 2. The lowest BCUT2D eigenvalue weighted by molar-refractivity contribution is -0.385. The van der Waals surface area contributed by atoms with Crippen LogP contribution in [0.3, 0.4) is 0 Å². The third-order valence-corrected chi connectivity index (χ3v) is 5.17. The number of nitrogens with one attached hydrogen (secondary N) is 1. The monoisotopic (exact) mass is 393 g/mol. The summed E-state index contributed by atoms with van der Waals surface area (Å²) >= 11 is 0. The van der Waals surface area contributed by atoms with Gasteiger partial charge in [-0.25, -0.2) is 4.79 Å². The van der Waals surface area contributed by atoms with Crippen LogP contribution in [0.25, 0.3) is 10.9 Å². The van der Waals surface area contributed by atoms with E-state index in [1.165, 1.54) is 19.2 Å². The maximum absolute atomic E-state index is 13.4. The fourth-order valence-electron chi connectivity index (χ4n) is 3.75. The molecule has 1 aliphatic rings. The Morgan fingerprint density at radius 3 is 2.59 bits per heavy atom. The van der Waals surface area contributed by atoms with E-state index in [1.54, 1.807) is 12.1 Å². The summed E-state index contributed by atoms with van der Waals surface area (Å²) in [4.78, 5) is 36.5. The lowest BCUT2D eigenvalue weighted by atomic mass is 9.99. The Balaban J connectivity index is 2.02. The van der Waals surface area contributed by atoms with Gasteiger partial charge in [0.1, 0.15) is 11.4 Å². The average Bonchev–Trinajstić information content (AvgIpc) is 3.05. The number of benzene rings is 2. The number of aromatic nitrogens is 1. The lowest BCUT2D eigenvalue weighted by Gasteiger charge is -2.19. The number of hydrogen-bond acceptors (Lipinski definition) is 6. The minimum atomic E-state index is -0.815. The number of ketones is 1. The molecule has 1 N–H and O–H groups in total. The molecule has 148 valence electrons. The molecule has 29 heavy (non-hydrogen) atoms. The number of nitro groups is 1. The molecular formula is C21H19N3O5. The number of nitro benzene ring substituents is 1. The molecule has 0 radical (unpaired) electrons. The fourth-order valence-corrected chi connectivity index (χ4v) is 3.75. The van der Waals surface area contributed by atoms with Crippen LogP contribution in [0.2, 0.25) is 0 Å². The minimum absolute atomic E-state index is 0.175. The van der Waals surface area contributed by atoms with Gasteiger partial charge in [-0.2, -0.15) is 0 Å². The summed E-state index contributed by atoms with van der Waals surface area (Å²) in [5.41, 5.74) is 1.98. The molecule has 0 amide bonds. The van der Waals surface area contributed by atoms with Crippen LogP contribution in [0.5, 0.6) is 0 Å². The summed E-state index contributed by atoms with van der Waals surface area (Å²) in [5.74, 6) is -0.402. The zero-order valence-electron chi connectivity index (χ0n) is 16.0. The SMILES string of the molecule is COC(=O)c1cc2c(C(=O)c3ccc(C)cc3)c3n(c2cc1[N+](=O)[O-])CCCN3. The lowest BCUT2D eigenvalue weighted by Crippen LogP contribution is -2.18. The highest BCUT2D eigenvalue weighted by Crippen LogP contribution is 2.38. The molecule has 3 aromatic rings. The molecule has 0 saturated carbocycles. The first kappa shape index (κ1) is 18.7. The van der Waals surface area contributed by atoms with E-state index in [2.05, 4.69) is 5.32 Å². The number of carbonyl (C=O) groups is 2. The molecule has 0 saturated heterocycles. The average molecular weight is 393 g/mol. The van der Waals surface area contributed by atoms with Crippen molar-refractivity contribution < 1.29 is 19.2 Å². The van der Waals surface area contributed by atoms with Crippen LogP contribution < -0.4 is 5.32 Å². The number of rotatable bonds is 4. The van der Waals surface area contributed by atoms with Crippen molar-refractivity contribution in [2.45, 2.75) is 19.9 Å². The van der Waals surface area contributed by atoms with Crippen LogP contribution in [-0.4, -0.2) is 34.9 Å². The van der Waals surface area contributed by atoms with Crippen molar-refractivity contribution in [2.24, 2.45) is 0 Å². The zero-order chi connectivity index (χ0) is 20.7. The fraction of sp³-hybridized carbons (Fsp3) is 0.238. The third-order valence-electron chi connectivity index (χ3n) is 5.17. The second-order valence-electron chi connectivity index (χ2n) is 6.99. The summed E-state index contributed by atoms with van der Waals surface area (Å²) in [6, 6.07) is 9.97. The van der Waals surface area contributed by atoms with Gasteiger partial charge < -0.3 is 14.6 Å². The molecule has 0 spiro atoms. The van der Waals surface area contributed by atoms with E-state index >= 15 is 0 Å². The normalized spacial score (nSPS) is 12.9. The number of hydrogen-bond donors (Lipinski definition) is 1. The van der Waals surface area contributed by atoms with Crippen LogP contribution in [0.1, 0.15) is 38.3 Å². The Hall–Kier alpha value is -3.68. The maximum atomic E-state index is 13.4. The van der Waals surface area contributed by atoms with Crippen molar-refractivity contribution in [1.29, 1.82) is 0 Å². The largest absolute Gasteiger partial charge is 0.465 e. The highest BCUT2D eigenvalue weighted by molar-refractivity contribution is 6.21. The maximum Gasteiger partial charge on any atom is 0.344 e. The van der Waals surface area contributed by atoms with Crippen LogP contribution >= 0.6 is 0 Å². The van der Waals surface area contributed by atoms with E-state index < -0.39 is 10.9 Å².